The Labute approximate surface area is 188 Å². The lowest BCUT2D eigenvalue weighted by atomic mass is 10.0. The molecule has 0 aliphatic heterocycles. The Kier molecular flexibility index (Phi) is 9.19. The molecular weight excluding hydrogens is 410 g/mol. The second-order valence-corrected chi connectivity index (χ2v) is 7.67. The molecule has 2 aromatic carbocycles. The zero-order chi connectivity index (χ0) is 23.7. The number of rotatable bonds is 11. The lowest BCUT2D eigenvalue weighted by molar-refractivity contribution is -0.385. The minimum Gasteiger partial charge on any atom is -0.497 e. The highest BCUT2D eigenvalue weighted by Crippen LogP contribution is 2.22. The largest absolute Gasteiger partial charge is 0.497 e. The summed E-state index contributed by atoms with van der Waals surface area (Å²) in [6, 6.07) is 12.7. The van der Waals surface area contributed by atoms with Gasteiger partial charge in [-0.3, -0.25) is 19.7 Å². The quantitative estimate of drug-likeness (QED) is 0.421. The van der Waals surface area contributed by atoms with Crippen molar-refractivity contribution in [3.05, 3.63) is 69.8 Å². The van der Waals surface area contributed by atoms with Crippen LogP contribution in [0.3, 0.4) is 0 Å². The summed E-state index contributed by atoms with van der Waals surface area (Å²) >= 11 is 0. The summed E-state index contributed by atoms with van der Waals surface area (Å²) in [6.45, 7) is 5.93. The molecule has 0 unspecified atom stereocenters. The van der Waals surface area contributed by atoms with Gasteiger partial charge in [-0.2, -0.15) is 0 Å². The minimum atomic E-state index is -0.693. The van der Waals surface area contributed by atoms with Crippen LogP contribution in [0.4, 0.5) is 5.69 Å². The number of nitrogens with one attached hydrogen (secondary N) is 1. The molecule has 8 nitrogen and oxygen atoms in total. The van der Waals surface area contributed by atoms with Crippen molar-refractivity contribution in [1.29, 1.82) is 0 Å². The molecule has 0 aliphatic carbocycles. The van der Waals surface area contributed by atoms with Crippen molar-refractivity contribution < 1.29 is 19.2 Å². The van der Waals surface area contributed by atoms with E-state index in [2.05, 4.69) is 5.32 Å². The first-order valence-corrected chi connectivity index (χ1v) is 10.8. The van der Waals surface area contributed by atoms with Crippen molar-refractivity contribution >= 4 is 17.5 Å². The third-order valence-corrected chi connectivity index (χ3v) is 5.43. The van der Waals surface area contributed by atoms with Crippen LogP contribution < -0.4 is 10.1 Å². The second-order valence-electron chi connectivity index (χ2n) is 7.67. The van der Waals surface area contributed by atoms with E-state index < -0.39 is 11.0 Å². The number of carbonyl (C=O) groups is 2. The van der Waals surface area contributed by atoms with Crippen LogP contribution in [-0.4, -0.2) is 40.8 Å². The molecule has 0 heterocycles. The maximum atomic E-state index is 13.4. The number of nitrogens with zero attached hydrogens (tertiary/aromatic N) is 2. The zero-order valence-corrected chi connectivity index (χ0v) is 19.0. The molecule has 0 aromatic heterocycles. The number of hydrogen-bond donors (Lipinski definition) is 1. The first-order valence-electron chi connectivity index (χ1n) is 10.8. The molecule has 172 valence electrons. The number of carbonyl (C=O) groups excluding carboxylic acids is 2. The van der Waals surface area contributed by atoms with E-state index in [1.807, 2.05) is 32.9 Å². The summed E-state index contributed by atoms with van der Waals surface area (Å²) in [5.74, 6) is 0.112. The van der Waals surface area contributed by atoms with Crippen LogP contribution >= 0.6 is 0 Å². The fourth-order valence-corrected chi connectivity index (χ4v) is 3.39. The molecule has 0 aliphatic rings. The maximum absolute atomic E-state index is 13.4. The highest BCUT2D eigenvalue weighted by molar-refractivity contribution is 5.89. The maximum Gasteiger partial charge on any atom is 0.273 e. The lowest BCUT2D eigenvalue weighted by Gasteiger charge is -2.31. The minimum absolute atomic E-state index is 0.0234. The zero-order valence-electron chi connectivity index (χ0n) is 19.0. The molecule has 8 heteroatoms. The molecule has 2 aromatic rings. The molecule has 32 heavy (non-hydrogen) atoms. The molecule has 2 rings (SSSR count). The summed E-state index contributed by atoms with van der Waals surface area (Å²) in [5.41, 5.74) is 1.04. The summed E-state index contributed by atoms with van der Waals surface area (Å²) in [4.78, 5) is 38.7. The average Bonchev–Trinajstić information content (AvgIpc) is 2.79. The van der Waals surface area contributed by atoms with Crippen molar-refractivity contribution in [1.82, 2.24) is 10.2 Å². The summed E-state index contributed by atoms with van der Waals surface area (Å²) in [6.07, 6.45) is 1.02. The van der Waals surface area contributed by atoms with Crippen LogP contribution in [-0.2, 0) is 22.6 Å². The fourth-order valence-electron chi connectivity index (χ4n) is 3.39. The highest BCUT2D eigenvalue weighted by atomic mass is 16.6. The van der Waals surface area contributed by atoms with E-state index in [1.165, 1.54) is 11.0 Å². The van der Waals surface area contributed by atoms with Gasteiger partial charge in [0.1, 0.15) is 11.8 Å². The Balaban J connectivity index is 2.36. The summed E-state index contributed by atoms with van der Waals surface area (Å²) in [7, 11) is 1.57. The van der Waals surface area contributed by atoms with Crippen molar-refractivity contribution in [2.45, 2.75) is 58.7 Å². The van der Waals surface area contributed by atoms with Crippen molar-refractivity contribution in [2.24, 2.45) is 0 Å². The number of benzene rings is 2. The topological polar surface area (TPSA) is 102 Å². The van der Waals surface area contributed by atoms with Crippen molar-refractivity contribution in [2.75, 3.05) is 7.11 Å². The molecule has 0 saturated carbocycles. The summed E-state index contributed by atoms with van der Waals surface area (Å²) in [5, 5.41) is 14.3. The van der Waals surface area contributed by atoms with Gasteiger partial charge in [-0.1, -0.05) is 44.2 Å². The third-order valence-electron chi connectivity index (χ3n) is 5.43. The van der Waals surface area contributed by atoms with E-state index in [4.69, 9.17) is 4.74 Å². The normalized spacial score (nSPS) is 12.5. The van der Waals surface area contributed by atoms with Crippen LogP contribution in [0, 0.1) is 10.1 Å². The van der Waals surface area contributed by atoms with Gasteiger partial charge >= 0.3 is 0 Å². The van der Waals surface area contributed by atoms with Gasteiger partial charge in [0.05, 0.1) is 18.5 Å². The standard InChI is InChI=1S/C24H31N3O5/c1-5-17(3)25-24(29)21(6-2)26(16-18-11-13-20(32-4)14-12-18)23(28)15-19-9-7-8-10-22(19)27(30)31/h7-14,17,21H,5-6,15-16H2,1-4H3,(H,25,29)/t17-,21-/m1/s1. The molecule has 2 amide bonds. The molecule has 0 radical (unpaired) electrons. The van der Waals surface area contributed by atoms with E-state index >= 15 is 0 Å². The molecule has 1 N–H and O–H groups in total. The van der Waals surface area contributed by atoms with Gasteiger partial charge in [0.2, 0.25) is 11.8 Å². The van der Waals surface area contributed by atoms with Gasteiger partial charge in [-0.05, 0) is 37.5 Å². The van der Waals surface area contributed by atoms with Crippen molar-refractivity contribution in [3.63, 3.8) is 0 Å². The van der Waals surface area contributed by atoms with Gasteiger partial charge in [0.25, 0.3) is 5.69 Å². The van der Waals surface area contributed by atoms with Gasteiger partial charge < -0.3 is 15.0 Å². The third kappa shape index (κ3) is 6.54. The smallest absolute Gasteiger partial charge is 0.273 e. The van der Waals surface area contributed by atoms with Gasteiger partial charge in [0.15, 0.2) is 0 Å². The van der Waals surface area contributed by atoms with E-state index in [9.17, 15) is 19.7 Å². The Hall–Kier alpha value is -3.42. The fraction of sp³-hybridized carbons (Fsp3) is 0.417. The van der Waals surface area contributed by atoms with Gasteiger partial charge in [0, 0.05) is 24.2 Å². The van der Waals surface area contributed by atoms with Crippen LogP contribution in [0.25, 0.3) is 0 Å². The SMILES string of the molecule is CC[C@@H](C)NC(=O)[C@@H](CC)N(Cc1ccc(OC)cc1)C(=O)Cc1ccccc1[N+](=O)[O-]. The van der Waals surface area contributed by atoms with E-state index in [0.29, 0.717) is 17.7 Å². The number of nitro groups is 1. The second kappa shape index (κ2) is 11.8. The van der Waals surface area contributed by atoms with Crippen molar-refractivity contribution in [3.8, 4) is 5.75 Å². The number of ether oxygens (including phenoxy) is 1. The highest BCUT2D eigenvalue weighted by Gasteiger charge is 2.30. The average molecular weight is 442 g/mol. The summed E-state index contributed by atoms with van der Waals surface area (Å²) < 4.78 is 5.19. The monoisotopic (exact) mass is 441 g/mol. The predicted octanol–water partition coefficient (Wildman–Crippen LogP) is 3.87. The predicted molar refractivity (Wildman–Crippen MR) is 122 cm³/mol. The Morgan fingerprint density at radius 1 is 1.09 bits per heavy atom. The van der Waals surface area contributed by atoms with E-state index in [-0.39, 0.29) is 36.5 Å². The first kappa shape index (κ1) is 24.8. The molecule has 0 spiro atoms. The molecule has 0 bridgehead atoms. The first-order chi connectivity index (χ1) is 15.3. The number of amides is 2. The van der Waals surface area contributed by atoms with E-state index in [1.54, 1.807) is 37.4 Å². The Bertz CT molecular complexity index is 929. The van der Waals surface area contributed by atoms with E-state index in [0.717, 1.165) is 12.0 Å². The van der Waals surface area contributed by atoms with Gasteiger partial charge in [-0.25, -0.2) is 0 Å². The number of hydrogen-bond acceptors (Lipinski definition) is 5. The Morgan fingerprint density at radius 2 is 1.75 bits per heavy atom. The van der Waals surface area contributed by atoms with Crippen LogP contribution in [0.1, 0.15) is 44.7 Å². The number of methoxy groups -OCH3 is 1. The molecular formula is C24H31N3O5. The van der Waals surface area contributed by atoms with Crippen LogP contribution in [0.15, 0.2) is 48.5 Å². The molecule has 0 saturated heterocycles. The lowest BCUT2D eigenvalue weighted by Crippen LogP contribution is -2.51. The Morgan fingerprint density at radius 3 is 2.31 bits per heavy atom. The number of nitro benzene ring substituents is 1. The molecule has 0 fully saturated rings. The molecule has 2 atom stereocenters. The van der Waals surface area contributed by atoms with Gasteiger partial charge in [-0.15, -0.1) is 0 Å². The van der Waals surface area contributed by atoms with Crippen LogP contribution in [0.5, 0.6) is 5.75 Å². The number of para-hydroxylation sites is 1. The van der Waals surface area contributed by atoms with Crippen LogP contribution in [0.2, 0.25) is 0 Å².